The van der Waals surface area contributed by atoms with Gasteiger partial charge in [0, 0.05) is 11.8 Å². The minimum atomic E-state index is 0.458. The van der Waals surface area contributed by atoms with E-state index in [1.165, 1.54) is 5.56 Å². The van der Waals surface area contributed by atoms with Crippen molar-refractivity contribution >= 4 is 0 Å². The van der Waals surface area contributed by atoms with Crippen molar-refractivity contribution in [3.05, 3.63) is 23.4 Å². The van der Waals surface area contributed by atoms with Gasteiger partial charge in [-0.2, -0.15) is 0 Å². The Hall–Kier alpha value is -1.05. The maximum atomic E-state index is 5.05. The molecule has 2 heteroatoms. The van der Waals surface area contributed by atoms with Gasteiger partial charge in [0.05, 0.1) is 7.11 Å². The van der Waals surface area contributed by atoms with Crippen LogP contribution in [0.15, 0.2) is 12.1 Å². The summed E-state index contributed by atoms with van der Waals surface area (Å²) in [5.74, 6) is 1.16. The summed E-state index contributed by atoms with van der Waals surface area (Å²) in [6.45, 7) is 6.34. The summed E-state index contributed by atoms with van der Waals surface area (Å²) in [6.07, 6.45) is 0. The molecule has 0 radical (unpaired) electrons. The van der Waals surface area contributed by atoms with Crippen molar-refractivity contribution in [2.45, 2.75) is 26.7 Å². The SMILES string of the molecule is COc1ccc(C)c(C(C)C)n1. The zero-order valence-electron chi connectivity index (χ0n) is 8.09. The summed E-state index contributed by atoms with van der Waals surface area (Å²) >= 11 is 0. The maximum absolute atomic E-state index is 5.05. The van der Waals surface area contributed by atoms with Gasteiger partial charge in [-0.05, 0) is 18.4 Å². The van der Waals surface area contributed by atoms with Gasteiger partial charge in [-0.3, -0.25) is 0 Å². The van der Waals surface area contributed by atoms with E-state index in [4.69, 9.17) is 4.74 Å². The Morgan fingerprint density at radius 1 is 1.33 bits per heavy atom. The van der Waals surface area contributed by atoms with Crippen LogP contribution in [0.4, 0.5) is 0 Å². The second kappa shape index (κ2) is 3.57. The number of ether oxygens (including phenoxy) is 1. The molecule has 0 spiro atoms. The molecule has 1 heterocycles. The van der Waals surface area contributed by atoms with Crippen molar-refractivity contribution < 1.29 is 4.74 Å². The number of rotatable bonds is 2. The Kier molecular flexibility index (Phi) is 2.69. The van der Waals surface area contributed by atoms with Gasteiger partial charge < -0.3 is 4.74 Å². The molecule has 2 nitrogen and oxygen atoms in total. The Morgan fingerprint density at radius 3 is 2.50 bits per heavy atom. The zero-order valence-corrected chi connectivity index (χ0v) is 8.09. The third-order valence-corrected chi connectivity index (χ3v) is 1.87. The highest BCUT2D eigenvalue weighted by Crippen LogP contribution is 2.19. The minimum Gasteiger partial charge on any atom is -0.481 e. The summed E-state index contributed by atoms with van der Waals surface area (Å²) in [5.41, 5.74) is 2.35. The number of hydrogen-bond acceptors (Lipinski definition) is 2. The van der Waals surface area contributed by atoms with Crippen molar-refractivity contribution in [1.29, 1.82) is 0 Å². The molecule has 0 fully saturated rings. The molecular weight excluding hydrogens is 150 g/mol. The van der Waals surface area contributed by atoms with Crippen molar-refractivity contribution in [3.8, 4) is 5.88 Å². The van der Waals surface area contributed by atoms with E-state index in [9.17, 15) is 0 Å². The van der Waals surface area contributed by atoms with Gasteiger partial charge in [0.15, 0.2) is 0 Å². The molecule has 0 aromatic carbocycles. The van der Waals surface area contributed by atoms with E-state index in [2.05, 4.69) is 25.8 Å². The molecule has 0 saturated carbocycles. The summed E-state index contributed by atoms with van der Waals surface area (Å²) < 4.78 is 5.05. The fraction of sp³-hybridized carbons (Fsp3) is 0.500. The van der Waals surface area contributed by atoms with E-state index < -0.39 is 0 Å². The normalized spacial score (nSPS) is 10.4. The molecule has 0 saturated heterocycles. The maximum Gasteiger partial charge on any atom is 0.213 e. The molecule has 0 aliphatic rings. The monoisotopic (exact) mass is 165 g/mol. The van der Waals surface area contributed by atoms with Crippen LogP contribution in [0.5, 0.6) is 5.88 Å². The van der Waals surface area contributed by atoms with E-state index in [0.717, 1.165) is 5.69 Å². The van der Waals surface area contributed by atoms with E-state index in [-0.39, 0.29) is 0 Å². The smallest absolute Gasteiger partial charge is 0.213 e. The van der Waals surface area contributed by atoms with E-state index in [1.807, 2.05) is 12.1 Å². The van der Waals surface area contributed by atoms with Crippen molar-refractivity contribution in [1.82, 2.24) is 4.98 Å². The lowest BCUT2D eigenvalue weighted by atomic mass is 10.1. The first-order chi connectivity index (χ1) is 5.65. The molecule has 66 valence electrons. The van der Waals surface area contributed by atoms with Crippen LogP contribution in [-0.2, 0) is 0 Å². The van der Waals surface area contributed by atoms with Gasteiger partial charge in [0.2, 0.25) is 5.88 Å². The fourth-order valence-electron chi connectivity index (χ4n) is 1.22. The third-order valence-electron chi connectivity index (χ3n) is 1.87. The quantitative estimate of drug-likeness (QED) is 0.671. The lowest BCUT2D eigenvalue weighted by molar-refractivity contribution is 0.395. The first kappa shape index (κ1) is 9.04. The molecule has 0 N–H and O–H groups in total. The van der Waals surface area contributed by atoms with E-state index in [1.54, 1.807) is 7.11 Å². The summed E-state index contributed by atoms with van der Waals surface area (Å²) in [5, 5.41) is 0. The van der Waals surface area contributed by atoms with E-state index in [0.29, 0.717) is 11.8 Å². The first-order valence-electron chi connectivity index (χ1n) is 4.16. The second-order valence-electron chi connectivity index (χ2n) is 3.21. The molecular formula is C10H15NO. The van der Waals surface area contributed by atoms with Gasteiger partial charge >= 0.3 is 0 Å². The van der Waals surface area contributed by atoms with Gasteiger partial charge in [0.1, 0.15) is 0 Å². The molecule has 0 aliphatic heterocycles. The Labute approximate surface area is 73.6 Å². The fourth-order valence-corrected chi connectivity index (χ4v) is 1.22. The number of hydrogen-bond donors (Lipinski definition) is 0. The highest BCUT2D eigenvalue weighted by molar-refractivity contribution is 5.26. The largest absolute Gasteiger partial charge is 0.481 e. The molecule has 1 rings (SSSR count). The molecule has 0 amide bonds. The lowest BCUT2D eigenvalue weighted by Gasteiger charge is -2.09. The van der Waals surface area contributed by atoms with Crippen LogP contribution in [0, 0.1) is 6.92 Å². The minimum absolute atomic E-state index is 0.458. The van der Waals surface area contributed by atoms with Crippen molar-refractivity contribution in [3.63, 3.8) is 0 Å². The molecule has 0 bridgehead atoms. The van der Waals surface area contributed by atoms with Crippen LogP contribution < -0.4 is 4.74 Å². The Morgan fingerprint density at radius 2 is 2.00 bits per heavy atom. The topological polar surface area (TPSA) is 22.1 Å². The zero-order chi connectivity index (χ0) is 9.14. The average Bonchev–Trinajstić information content (AvgIpc) is 2.05. The van der Waals surface area contributed by atoms with Crippen LogP contribution in [0.3, 0.4) is 0 Å². The first-order valence-corrected chi connectivity index (χ1v) is 4.16. The van der Waals surface area contributed by atoms with Gasteiger partial charge in [0.25, 0.3) is 0 Å². The van der Waals surface area contributed by atoms with Crippen molar-refractivity contribution in [2.75, 3.05) is 7.11 Å². The predicted octanol–water partition coefficient (Wildman–Crippen LogP) is 2.52. The van der Waals surface area contributed by atoms with Gasteiger partial charge in [-0.25, -0.2) is 4.98 Å². The second-order valence-corrected chi connectivity index (χ2v) is 3.21. The summed E-state index contributed by atoms with van der Waals surface area (Å²) in [7, 11) is 1.64. The predicted molar refractivity (Wildman–Crippen MR) is 49.6 cm³/mol. The third kappa shape index (κ3) is 1.76. The molecule has 0 atom stereocenters. The van der Waals surface area contributed by atoms with E-state index >= 15 is 0 Å². The Balaban J connectivity index is 3.08. The molecule has 1 aromatic heterocycles. The Bertz CT molecular complexity index is 269. The van der Waals surface area contributed by atoms with Crippen LogP contribution in [0.1, 0.15) is 31.0 Å². The average molecular weight is 165 g/mol. The molecule has 1 aromatic rings. The van der Waals surface area contributed by atoms with Crippen LogP contribution in [0.25, 0.3) is 0 Å². The number of methoxy groups -OCH3 is 1. The highest BCUT2D eigenvalue weighted by atomic mass is 16.5. The van der Waals surface area contributed by atoms with Gasteiger partial charge in [-0.15, -0.1) is 0 Å². The standard InChI is InChI=1S/C10H15NO/c1-7(2)10-8(3)5-6-9(11-10)12-4/h5-7H,1-4H3. The molecule has 0 aliphatic carbocycles. The number of aryl methyl sites for hydroxylation is 1. The van der Waals surface area contributed by atoms with Gasteiger partial charge in [-0.1, -0.05) is 19.9 Å². The highest BCUT2D eigenvalue weighted by Gasteiger charge is 2.05. The molecule has 0 unspecified atom stereocenters. The molecule has 12 heavy (non-hydrogen) atoms. The van der Waals surface area contributed by atoms with Crippen molar-refractivity contribution in [2.24, 2.45) is 0 Å². The number of aromatic nitrogens is 1. The number of pyridine rings is 1. The summed E-state index contributed by atoms with van der Waals surface area (Å²) in [4.78, 5) is 4.37. The van der Waals surface area contributed by atoms with Crippen LogP contribution in [-0.4, -0.2) is 12.1 Å². The van der Waals surface area contributed by atoms with Crippen LogP contribution in [0.2, 0.25) is 0 Å². The van der Waals surface area contributed by atoms with Crippen LogP contribution >= 0.6 is 0 Å². The number of nitrogens with zero attached hydrogens (tertiary/aromatic N) is 1. The summed E-state index contributed by atoms with van der Waals surface area (Å²) in [6, 6.07) is 3.93. The lowest BCUT2D eigenvalue weighted by Crippen LogP contribution is -1.98.